The summed E-state index contributed by atoms with van der Waals surface area (Å²) >= 11 is 0. The predicted octanol–water partition coefficient (Wildman–Crippen LogP) is 2.41. The third-order valence-electron chi connectivity index (χ3n) is 2.52. The molecular weight excluding hydrogens is 178 g/mol. The molecule has 1 aliphatic rings. The van der Waals surface area contributed by atoms with E-state index in [9.17, 15) is 4.79 Å². The van der Waals surface area contributed by atoms with Gasteiger partial charge >= 0.3 is 5.97 Å². The van der Waals surface area contributed by atoms with Crippen molar-refractivity contribution in [2.45, 2.75) is 51.9 Å². The third-order valence-corrected chi connectivity index (χ3v) is 2.52. The number of unbranched alkanes of at least 4 members (excludes halogenated alkanes) is 2. The van der Waals surface area contributed by atoms with Gasteiger partial charge in [0.2, 0.25) is 0 Å². The summed E-state index contributed by atoms with van der Waals surface area (Å²) in [5.41, 5.74) is 2.57. The van der Waals surface area contributed by atoms with Gasteiger partial charge in [0, 0.05) is 13.0 Å². The van der Waals surface area contributed by atoms with Crippen LogP contribution >= 0.6 is 0 Å². The average molecular weight is 199 g/mol. The minimum absolute atomic E-state index is 0.127. The lowest BCUT2D eigenvalue weighted by atomic mass is 10.1. The molecule has 1 rings (SSSR count). The van der Waals surface area contributed by atoms with Gasteiger partial charge in [0.1, 0.15) is 0 Å². The first-order valence-electron chi connectivity index (χ1n) is 5.75. The topological polar surface area (TPSA) is 38.3 Å². The molecule has 0 heterocycles. The monoisotopic (exact) mass is 199 g/mol. The Kier molecular flexibility index (Phi) is 5.60. The van der Waals surface area contributed by atoms with Gasteiger partial charge in [-0.1, -0.05) is 32.1 Å². The van der Waals surface area contributed by atoms with Crippen LogP contribution < -0.4 is 5.48 Å². The summed E-state index contributed by atoms with van der Waals surface area (Å²) in [5, 5.41) is 0. The van der Waals surface area contributed by atoms with E-state index >= 15 is 0 Å². The van der Waals surface area contributed by atoms with Crippen molar-refractivity contribution < 1.29 is 9.63 Å². The van der Waals surface area contributed by atoms with Crippen LogP contribution in [0.5, 0.6) is 0 Å². The molecule has 0 aromatic rings. The third kappa shape index (κ3) is 5.97. The molecule has 0 aromatic carbocycles. The summed E-state index contributed by atoms with van der Waals surface area (Å²) in [6, 6.07) is 0. The lowest BCUT2D eigenvalue weighted by molar-refractivity contribution is -0.151. The molecule has 82 valence electrons. The lowest BCUT2D eigenvalue weighted by Gasteiger charge is -2.02. The van der Waals surface area contributed by atoms with Gasteiger partial charge in [-0.05, 0) is 19.3 Å². The molecule has 1 aliphatic carbocycles. The fraction of sp³-hybridized carbons (Fsp3) is 0.909. The van der Waals surface area contributed by atoms with Gasteiger partial charge < -0.3 is 4.84 Å². The quantitative estimate of drug-likeness (QED) is 0.482. The molecule has 0 saturated heterocycles. The Bertz CT molecular complexity index is 167. The van der Waals surface area contributed by atoms with Crippen molar-refractivity contribution in [2.75, 3.05) is 6.54 Å². The van der Waals surface area contributed by atoms with E-state index in [0.29, 0.717) is 13.0 Å². The summed E-state index contributed by atoms with van der Waals surface area (Å²) in [6.07, 6.45) is 8.19. The largest absolute Gasteiger partial charge is 0.371 e. The molecule has 0 unspecified atom stereocenters. The molecule has 0 atom stereocenters. The fourth-order valence-corrected chi connectivity index (χ4v) is 1.49. The molecular formula is C11H21NO2. The minimum Gasteiger partial charge on any atom is -0.371 e. The number of hydroxylamine groups is 1. The highest BCUT2D eigenvalue weighted by atomic mass is 16.7. The molecule has 0 radical (unpaired) electrons. The Balaban J connectivity index is 1.79. The molecule has 1 fully saturated rings. The zero-order chi connectivity index (χ0) is 10.2. The number of hydrogen-bond donors (Lipinski definition) is 1. The van der Waals surface area contributed by atoms with E-state index in [0.717, 1.165) is 18.8 Å². The van der Waals surface area contributed by atoms with E-state index in [2.05, 4.69) is 5.48 Å². The Morgan fingerprint density at radius 2 is 2.14 bits per heavy atom. The Morgan fingerprint density at radius 1 is 1.36 bits per heavy atom. The fourth-order valence-electron chi connectivity index (χ4n) is 1.49. The summed E-state index contributed by atoms with van der Waals surface area (Å²) in [7, 11) is 0. The van der Waals surface area contributed by atoms with E-state index in [1.54, 1.807) is 0 Å². The average Bonchev–Trinajstić information content (AvgIpc) is 2.98. The van der Waals surface area contributed by atoms with Crippen molar-refractivity contribution in [1.82, 2.24) is 5.48 Å². The van der Waals surface area contributed by atoms with Crippen LogP contribution in [0.4, 0.5) is 0 Å². The first kappa shape index (κ1) is 11.5. The van der Waals surface area contributed by atoms with E-state index in [-0.39, 0.29) is 5.97 Å². The normalized spacial score (nSPS) is 15.5. The van der Waals surface area contributed by atoms with Crippen molar-refractivity contribution in [3.8, 4) is 0 Å². The van der Waals surface area contributed by atoms with Crippen molar-refractivity contribution in [3.63, 3.8) is 0 Å². The molecule has 3 nitrogen and oxygen atoms in total. The second-order valence-electron chi connectivity index (χ2n) is 4.01. The van der Waals surface area contributed by atoms with Crippen molar-refractivity contribution in [1.29, 1.82) is 0 Å². The number of nitrogens with one attached hydrogen (secondary N) is 1. The maximum absolute atomic E-state index is 11.0. The van der Waals surface area contributed by atoms with Crippen molar-refractivity contribution in [2.24, 2.45) is 5.92 Å². The highest BCUT2D eigenvalue weighted by Gasteiger charge is 2.19. The molecule has 0 amide bonds. The summed E-state index contributed by atoms with van der Waals surface area (Å²) in [6.45, 7) is 2.58. The maximum atomic E-state index is 11.0. The molecule has 0 bridgehead atoms. The van der Waals surface area contributed by atoms with Crippen LogP contribution in [-0.2, 0) is 9.63 Å². The van der Waals surface area contributed by atoms with Crippen molar-refractivity contribution >= 4 is 5.97 Å². The summed E-state index contributed by atoms with van der Waals surface area (Å²) in [4.78, 5) is 15.8. The van der Waals surface area contributed by atoms with Gasteiger partial charge in [-0.2, -0.15) is 5.48 Å². The molecule has 14 heavy (non-hydrogen) atoms. The van der Waals surface area contributed by atoms with Gasteiger partial charge in [-0.15, -0.1) is 0 Å². The Hall–Kier alpha value is -0.570. The van der Waals surface area contributed by atoms with E-state index in [1.807, 2.05) is 6.92 Å². The number of hydrogen-bond acceptors (Lipinski definition) is 3. The predicted molar refractivity (Wildman–Crippen MR) is 55.6 cm³/mol. The Morgan fingerprint density at radius 3 is 2.79 bits per heavy atom. The molecule has 3 heteroatoms. The van der Waals surface area contributed by atoms with Crippen LogP contribution in [0.2, 0.25) is 0 Å². The Labute approximate surface area is 86.2 Å². The number of carbonyl (C=O) groups excluding carboxylic acids is 1. The van der Waals surface area contributed by atoms with Crippen LogP contribution in [0.25, 0.3) is 0 Å². The second kappa shape index (κ2) is 6.82. The highest BCUT2D eigenvalue weighted by Crippen LogP contribution is 2.34. The zero-order valence-electron chi connectivity index (χ0n) is 9.05. The number of rotatable bonds is 8. The first-order valence-corrected chi connectivity index (χ1v) is 5.75. The van der Waals surface area contributed by atoms with E-state index < -0.39 is 0 Å². The van der Waals surface area contributed by atoms with Crippen LogP contribution in [0.15, 0.2) is 0 Å². The maximum Gasteiger partial charge on any atom is 0.324 e. The smallest absolute Gasteiger partial charge is 0.324 e. The lowest BCUT2D eigenvalue weighted by Crippen LogP contribution is -2.18. The SMILES string of the molecule is CCNOC(=O)CCCCCC1CC1. The van der Waals surface area contributed by atoms with Gasteiger partial charge in [0.05, 0.1) is 0 Å². The summed E-state index contributed by atoms with van der Waals surface area (Å²) in [5.74, 6) is 0.891. The standard InChI is InChI=1S/C11H21NO2/c1-2-12-14-11(13)7-5-3-4-6-10-8-9-10/h10,12H,2-9H2,1H3. The van der Waals surface area contributed by atoms with Crippen LogP contribution in [0.1, 0.15) is 51.9 Å². The van der Waals surface area contributed by atoms with Crippen LogP contribution in [0, 0.1) is 5.92 Å². The molecule has 0 spiro atoms. The first-order chi connectivity index (χ1) is 6.83. The molecule has 1 N–H and O–H groups in total. The molecule has 1 saturated carbocycles. The van der Waals surface area contributed by atoms with Gasteiger partial charge in [-0.3, -0.25) is 4.79 Å². The summed E-state index contributed by atoms with van der Waals surface area (Å²) < 4.78 is 0. The number of carbonyl (C=O) groups is 1. The van der Waals surface area contributed by atoms with Crippen LogP contribution in [-0.4, -0.2) is 12.5 Å². The van der Waals surface area contributed by atoms with E-state index in [4.69, 9.17) is 4.84 Å². The van der Waals surface area contributed by atoms with Gasteiger partial charge in [0.15, 0.2) is 0 Å². The van der Waals surface area contributed by atoms with Gasteiger partial charge in [0.25, 0.3) is 0 Å². The molecule has 0 aromatic heterocycles. The van der Waals surface area contributed by atoms with Crippen LogP contribution in [0.3, 0.4) is 0 Å². The second-order valence-corrected chi connectivity index (χ2v) is 4.01. The van der Waals surface area contributed by atoms with E-state index in [1.165, 1.54) is 25.7 Å². The van der Waals surface area contributed by atoms with Gasteiger partial charge in [-0.25, -0.2) is 0 Å². The highest BCUT2D eigenvalue weighted by molar-refractivity contribution is 5.68. The molecule has 0 aliphatic heterocycles. The minimum atomic E-state index is -0.127. The zero-order valence-corrected chi connectivity index (χ0v) is 9.05. The van der Waals surface area contributed by atoms with Crippen molar-refractivity contribution in [3.05, 3.63) is 0 Å².